The van der Waals surface area contributed by atoms with Crippen LogP contribution in [0.4, 0.5) is 20.6 Å². The summed E-state index contributed by atoms with van der Waals surface area (Å²) in [5.74, 6) is -1.13. The van der Waals surface area contributed by atoms with Crippen LogP contribution in [0.3, 0.4) is 0 Å². The molecule has 4 rings (SSSR count). The number of hydrogen-bond acceptors (Lipinski definition) is 8. The Hall–Kier alpha value is -4.23. The number of benzene rings is 3. The first-order chi connectivity index (χ1) is 19.1. The Morgan fingerprint density at radius 1 is 1.12 bits per heavy atom. The highest BCUT2D eigenvalue weighted by Crippen LogP contribution is 2.38. The number of imide groups is 1. The molecule has 0 aliphatic carbocycles. The molecule has 0 radical (unpaired) electrons. The van der Waals surface area contributed by atoms with E-state index >= 15 is 0 Å². The molecule has 206 valence electrons. The average molecular weight is 630 g/mol. The van der Waals surface area contributed by atoms with Gasteiger partial charge in [0.15, 0.2) is 11.5 Å². The maximum atomic E-state index is 13.4. The minimum absolute atomic E-state index is 0.0458. The summed E-state index contributed by atoms with van der Waals surface area (Å²) in [5.41, 5.74) is 1.25. The maximum absolute atomic E-state index is 13.4. The van der Waals surface area contributed by atoms with Crippen LogP contribution in [0.15, 0.2) is 70.0 Å². The first-order valence-electron chi connectivity index (χ1n) is 11.8. The number of amides is 3. The van der Waals surface area contributed by atoms with Crippen molar-refractivity contribution in [1.29, 1.82) is 0 Å². The highest BCUT2D eigenvalue weighted by Gasteiger charge is 2.36. The zero-order valence-corrected chi connectivity index (χ0v) is 23.3. The van der Waals surface area contributed by atoms with Gasteiger partial charge in [-0.15, -0.1) is 0 Å². The van der Waals surface area contributed by atoms with Crippen LogP contribution in [0.5, 0.6) is 11.5 Å². The van der Waals surface area contributed by atoms with Crippen molar-refractivity contribution in [2.24, 2.45) is 0 Å². The molecule has 1 aliphatic heterocycles. The number of halogens is 2. The smallest absolute Gasteiger partial charge is 0.294 e. The number of thioether (sulfide) groups is 1. The summed E-state index contributed by atoms with van der Waals surface area (Å²) in [6.45, 7) is 1.61. The molecule has 3 amide bonds. The number of anilines is 1. The first-order valence-corrected chi connectivity index (χ1v) is 13.4. The number of non-ortho nitro benzene ring substituents is 1. The molecular formula is C27H21BrFN3O7S. The van der Waals surface area contributed by atoms with Crippen LogP contribution in [0.1, 0.15) is 18.1 Å². The molecule has 3 aromatic rings. The molecule has 0 saturated carbocycles. The third kappa shape index (κ3) is 7.04. The number of nitro benzene ring substituents is 1. The van der Waals surface area contributed by atoms with E-state index in [0.717, 1.165) is 11.0 Å². The number of ether oxygens (including phenoxy) is 2. The number of nitro groups is 1. The second-order valence-electron chi connectivity index (χ2n) is 8.30. The standard InChI is InChI=1S/C27H21BrFN3O7S/c1-2-38-22-10-17(21(28)13-23(22)39-15-16-5-3-8-20(9-16)32(36)37)11-24-26(34)31(27(35)40-24)14-25(33)30-19-7-4-6-18(29)12-19/h3-13H,2,14-15H2,1H3,(H,30,33)/b24-11+. The highest BCUT2D eigenvalue weighted by atomic mass is 79.9. The molecule has 1 saturated heterocycles. The molecule has 0 unspecified atom stereocenters. The molecule has 0 atom stereocenters. The van der Waals surface area contributed by atoms with Crippen molar-refractivity contribution in [3.8, 4) is 11.5 Å². The number of carbonyl (C=O) groups excluding carboxylic acids is 3. The van der Waals surface area contributed by atoms with Crippen molar-refractivity contribution in [2.45, 2.75) is 13.5 Å². The lowest BCUT2D eigenvalue weighted by Crippen LogP contribution is -2.36. The van der Waals surface area contributed by atoms with E-state index in [-0.39, 0.29) is 22.9 Å². The van der Waals surface area contributed by atoms with Crippen LogP contribution in [-0.4, -0.2) is 40.0 Å². The third-order valence-corrected chi connectivity index (χ3v) is 7.04. The minimum Gasteiger partial charge on any atom is -0.490 e. The average Bonchev–Trinajstić information content (AvgIpc) is 3.17. The quantitative estimate of drug-likeness (QED) is 0.161. The molecule has 3 aromatic carbocycles. The van der Waals surface area contributed by atoms with E-state index in [0.29, 0.717) is 45.5 Å². The van der Waals surface area contributed by atoms with Gasteiger partial charge in [-0.2, -0.15) is 0 Å². The predicted molar refractivity (Wildman–Crippen MR) is 150 cm³/mol. The van der Waals surface area contributed by atoms with Gasteiger partial charge in [0.05, 0.1) is 16.4 Å². The second-order valence-corrected chi connectivity index (χ2v) is 10.1. The molecular weight excluding hydrogens is 609 g/mol. The second kappa shape index (κ2) is 12.7. The Balaban J connectivity index is 1.49. The Morgan fingerprint density at radius 3 is 2.60 bits per heavy atom. The van der Waals surface area contributed by atoms with Gasteiger partial charge in [0.2, 0.25) is 5.91 Å². The van der Waals surface area contributed by atoms with E-state index in [1.807, 2.05) is 0 Å². The molecule has 1 heterocycles. The fourth-order valence-electron chi connectivity index (χ4n) is 3.65. The first kappa shape index (κ1) is 28.8. The minimum atomic E-state index is -0.654. The Kier molecular flexibility index (Phi) is 9.17. The SMILES string of the molecule is CCOc1cc(/C=C2/SC(=O)N(CC(=O)Nc3cccc(F)c3)C2=O)c(Br)cc1OCc1cccc([N+](=O)[O-])c1. The lowest BCUT2D eigenvalue weighted by molar-refractivity contribution is -0.384. The van der Waals surface area contributed by atoms with Gasteiger partial charge in [-0.3, -0.25) is 29.4 Å². The van der Waals surface area contributed by atoms with Gasteiger partial charge in [-0.25, -0.2) is 4.39 Å². The zero-order valence-electron chi connectivity index (χ0n) is 20.9. The number of carbonyl (C=O) groups is 3. The lowest BCUT2D eigenvalue weighted by Gasteiger charge is -2.14. The highest BCUT2D eigenvalue weighted by molar-refractivity contribution is 9.10. The zero-order chi connectivity index (χ0) is 28.8. The van der Waals surface area contributed by atoms with Gasteiger partial charge in [0.1, 0.15) is 19.0 Å². The van der Waals surface area contributed by atoms with Gasteiger partial charge < -0.3 is 14.8 Å². The fourth-order valence-corrected chi connectivity index (χ4v) is 4.92. The Bertz CT molecular complexity index is 1530. The van der Waals surface area contributed by atoms with E-state index in [4.69, 9.17) is 9.47 Å². The van der Waals surface area contributed by atoms with Crippen LogP contribution in [0.25, 0.3) is 6.08 Å². The summed E-state index contributed by atoms with van der Waals surface area (Å²) in [5, 5.41) is 12.9. The van der Waals surface area contributed by atoms with Crippen molar-refractivity contribution in [2.75, 3.05) is 18.5 Å². The molecule has 1 N–H and O–H groups in total. The molecule has 1 aliphatic rings. The molecule has 0 spiro atoms. The van der Waals surface area contributed by atoms with Gasteiger partial charge >= 0.3 is 0 Å². The van der Waals surface area contributed by atoms with E-state index in [2.05, 4.69) is 21.2 Å². The van der Waals surface area contributed by atoms with Crippen LogP contribution >= 0.6 is 27.7 Å². The van der Waals surface area contributed by atoms with Gasteiger partial charge in [-0.05, 0) is 66.2 Å². The van der Waals surface area contributed by atoms with E-state index in [1.54, 1.807) is 31.2 Å². The molecule has 0 bridgehead atoms. The van der Waals surface area contributed by atoms with Crippen molar-refractivity contribution >= 4 is 62.2 Å². The topological polar surface area (TPSA) is 128 Å². The van der Waals surface area contributed by atoms with E-state index < -0.39 is 34.3 Å². The molecule has 0 aromatic heterocycles. The molecule has 10 nitrogen and oxygen atoms in total. The van der Waals surface area contributed by atoms with Gasteiger partial charge in [-0.1, -0.05) is 34.1 Å². The summed E-state index contributed by atoms with van der Waals surface area (Å²) < 4.78 is 25.5. The van der Waals surface area contributed by atoms with E-state index in [9.17, 15) is 28.9 Å². The van der Waals surface area contributed by atoms with Crippen LogP contribution in [0.2, 0.25) is 0 Å². The van der Waals surface area contributed by atoms with E-state index in [1.165, 1.54) is 36.4 Å². The molecule has 13 heteroatoms. The van der Waals surface area contributed by atoms with Gasteiger partial charge in [0, 0.05) is 22.3 Å². The fraction of sp³-hybridized carbons (Fsp3) is 0.148. The van der Waals surface area contributed by atoms with Crippen molar-refractivity contribution < 1.29 is 33.2 Å². The monoisotopic (exact) mass is 629 g/mol. The number of rotatable bonds is 10. The Labute approximate surface area is 240 Å². The molecule has 1 fully saturated rings. The summed E-state index contributed by atoms with van der Waals surface area (Å²) in [7, 11) is 0. The molecule has 40 heavy (non-hydrogen) atoms. The number of nitrogens with one attached hydrogen (secondary N) is 1. The summed E-state index contributed by atoms with van der Waals surface area (Å²) in [6, 6.07) is 14.6. The third-order valence-electron chi connectivity index (χ3n) is 5.45. The largest absolute Gasteiger partial charge is 0.490 e. The number of nitrogens with zero attached hydrogens (tertiary/aromatic N) is 2. The van der Waals surface area contributed by atoms with Crippen LogP contribution in [-0.2, 0) is 16.2 Å². The van der Waals surface area contributed by atoms with Crippen LogP contribution in [0, 0.1) is 15.9 Å². The lowest BCUT2D eigenvalue weighted by atomic mass is 10.1. The summed E-state index contributed by atoms with van der Waals surface area (Å²) in [4.78, 5) is 49.3. The number of hydrogen-bond donors (Lipinski definition) is 1. The Morgan fingerprint density at radius 2 is 1.88 bits per heavy atom. The normalized spacial score (nSPS) is 14.0. The van der Waals surface area contributed by atoms with Crippen molar-refractivity contribution in [3.63, 3.8) is 0 Å². The van der Waals surface area contributed by atoms with Crippen LogP contribution < -0.4 is 14.8 Å². The van der Waals surface area contributed by atoms with Crippen molar-refractivity contribution in [3.05, 3.63) is 97.1 Å². The predicted octanol–water partition coefficient (Wildman–Crippen LogP) is 6.15. The maximum Gasteiger partial charge on any atom is 0.294 e. The van der Waals surface area contributed by atoms with Gasteiger partial charge in [0.25, 0.3) is 16.8 Å². The summed E-state index contributed by atoms with van der Waals surface area (Å²) >= 11 is 4.13. The summed E-state index contributed by atoms with van der Waals surface area (Å²) in [6.07, 6.45) is 1.49. The van der Waals surface area contributed by atoms with Crippen molar-refractivity contribution in [1.82, 2.24) is 4.90 Å².